The molecule has 0 spiro atoms. The molecule has 1 aliphatic rings. The first-order chi connectivity index (χ1) is 7.52. The van der Waals surface area contributed by atoms with Crippen molar-refractivity contribution in [2.45, 2.75) is 76.9 Å². The third kappa shape index (κ3) is 5.38. The van der Waals surface area contributed by atoms with E-state index in [1.54, 1.807) is 0 Å². The Hall–Kier alpha value is 0.571. The molecule has 102 valence electrons. The quantitative estimate of drug-likeness (QED) is 0.716. The number of rotatable bonds is 4. The van der Waals surface area contributed by atoms with Crippen LogP contribution in [0.1, 0.15) is 19.3 Å². The van der Waals surface area contributed by atoms with E-state index in [0.29, 0.717) is 5.73 Å². The maximum atomic E-state index is 6.60. The highest BCUT2D eigenvalue weighted by molar-refractivity contribution is 6.86. The van der Waals surface area contributed by atoms with Crippen molar-refractivity contribution < 1.29 is 8.54 Å². The second-order valence-electron chi connectivity index (χ2n) is 7.49. The van der Waals surface area contributed by atoms with Crippen LogP contribution in [0, 0.1) is 0 Å². The van der Waals surface area contributed by atoms with Gasteiger partial charge in [-0.25, -0.2) is 0 Å². The summed E-state index contributed by atoms with van der Waals surface area (Å²) in [6.07, 6.45) is 3.91. The van der Waals surface area contributed by atoms with Crippen LogP contribution in [0.3, 0.4) is 0 Å². The zero-order valence-corrected chi connectivity index (χ0v) is 15.7. The van der Waals surface area contributed by atoms with Crippen molar-refractivity contribution in [3.05, 3.63) is 0 Å². The van der Waals surface area contributed by atoms with Crippen molar-refractivity contribution >= 4 is 25.0 Å². The van der Waals surface area contributed by atoms with Gasteiger partial charge >= 0.3 is 0 Å². The summed E-state index contributed by atoms with van der Waals surface area (Å²) in [6, 6.07) is 1.30. The second-order valence-corrected chi connectivity index (χ2v) is 20.8. The molecule has 17 heavy (non-hydrogen) atoms. The SMILES string of the molecule is C[Si](C)(C)OC1CCCC[Si]1(C)O[Si](C)(C)C. The molecule has 0 bridgehead atoms. The summed E-state index contributed by atoms with van der Waals surface area (Å²) in [6.45, 7) is 16.2. The smallest absolute Gasteiger partial charge is 0.204 e. The lowest BCUT2D eigenvalue weighted by Gasteiger charge is -2.45. The first-order valence-corrected chi connectivity index (χ1v) is 16.4. The molecular weight excluding hydrogens is 260 g/mol. The molecule has 2 atom stereocenters. The lowest BCUT2D eigenvalue weighted by Crippen LogP contribution is -2.58. The molecule has 1 heterocycles. The van der Waals surface area contributed by atoms with E-state index < -0.39 is 25.0 Å². The van der Waals surface area contributed by atoms with E-state index in [1.165, 1.54) is 25.3 Å². The molecule has 0 saturated carbocycles. The van der Waals surface area contributed by atoms with Gasteiger partial charge in [0, 0.05) is 0 Å². The lowest BCUT2D eigenvalue weighted by atomic mass is 10.2. The predicted molar refractivity (Wildman–Crippen MR) is 82.9 cm³/mol. The van der Waals surface area contributed by atoms with E-state index in [-0.39, 0.29) is 0 Å². The molecule has 0 N–H and O–H groups in total. The van der Waals surface area contributed by atoms with Crippen molar-refractivity contribution in [3.63, 3.8) is 0 Å². The lowest BCUT2D eigenvalue weighted by molar-refractivity contribution is 0.214. The number of hydrogen-bond acceptors (Lipinski definition) is 2. The summed E-state index contributed by atoms with van der Waals surface area (Å²) in [5.41, 5.74) is 0.453. The van der Waals surface area contributed by atoms with Gasteiger partial charge in [-0.1, -0.05) is 12.8 Å². The average molecular weight is 291 g/mol. The van der Waals surface area contributed by atoms with Gasteiger partial charge in [-0.2, -0.15) is 0 Å². The van der Waals surface area contributed by atoms with Crippen LogP contribution >= 0.6 is 0 Å². The van der Waals surface area contributed by atoms with E-state index in [2.05, 4.69) is 45.8 Å². The van der Waals surface area contributed by atoms with Gasteiger partial charge in [0.2, 0.25) is 8.32 Å². The largest absolute Gasteiger partial charge is 0.454 e. The van der Waals surface area contributed by atoms with E-state index in [9.17, 15) is 0 Å². The van der Waals surface area contributed by atoms with Crippen molar-refractivity contribution in [2.75, 3.05) is 0 Å². The van der Waals surface area contributed by atoms with Crippen LogP contribution in [0.15, 0.2) is 0 Å². The van der Waals surface area contributed by atoms with Crippen LogP contribution in [-0.2, 0) is 8.54 Å². The summed E-state index contributed by atoms with van der Waals surface area (Å²) in [5, 5.41) is 0. The Kier molecular flexibility index (Phi) is 4.86. The fourth-order valence-corrected chi connectivity index (χ4v) is 14.3. The summed E-state index contributed by atoms with van der Waals surface area (Å²) in [4.78, 5) is 0. The molecule has 0 amide bonds. The van der Waals surface area contributed by atoms with Crippen LogP contribution in [0.25, 0.3) is 0 Å². The van der Waals surface area contributed by atoms with Gasteiger partial charge < -0.3 is 8.54 Å². The Morgan fingerprint density at radius 1 is 0.941 bits per heavy atom. The maximum Gasteiger partial charge on any atom is 0.204 e. The maximum absolute atomic E-state index is 6.60. The highest BCUT2D eigenvalue weighted by atomic mass is 28.4. The molecule has 2 unspecified atom stereocenters. The minimum atomic E-state index is -1.64. The average Bonchev–Trinajstić information content (AvgIpc) is 2.03. The van der Waals surface area contributed by atoms with E-state index in [0.717, 1.165) is 0 Å². The molecule has 1 fully saturated rings. The second kappa shape index (κ2) is 5.29. The minimum absolute atomic E-state index is 0.453. The highest BCUT2D eigenvalue weighted by Crippen LogP contribution is 2.34. The Morgan fingerprint density at radius 3 is 2.00 bits per heavy atom. The summed E-state index contributed by atoms with van der Waals surface area (Å²) in [7, 11) is -4.51. The number of hydrogen-bond donors (Lipinski definition) is 0. The third-order valence-corrected chi connectivity index (χ3v) is 11.8. The van der Waals surface area contributed by atoms with Crippen molar-refractivity contribution in [1.82, 2.24) is 0 Å². The Labute approximate surface area is 110 Å². The van der Waals surface area contributed by atoms with E-state index in [1.807, 2.05) is 0 Å². The molecule has 0 aromatic rings. The van der Waals surface area contributed by atoms with Crippen LogP contribution in [-0.4, -0.2) is 30.7 Å². The summed E-state index contributed by atoms with van der Waals surface area (Å²) in [5.74, 6) is 0. The first-order valence-electron chi connectivity index (χ1n) is 6.90. The zero-order chi connectivity index (χ0) is 13.3. The van der Waals surface area contributed by atoms with Gasteiger partial charge in [0.05, 0.1) is 5.73 Å². The van der Waals surface area contributed by atoms with Crippen molar-refractivity contribution in [3.8, 4) is 0 Å². The summed E-state index contributed by atoms with van der Waals surface area (Å²) < 4.78 is 13.0. The fourth-order valence-electron chi connectivity index (χ4n) is 2.70. The molecule has 0 radical (unpaired) electrons. The van der Waals surface area contributed by atoms with Gasteiger partial charge in [0.1, 0.15) is 0 Å². The Bertz CT molecular complexity index is 257. The Balaban J connectivity index is 2.77. The molecular formula is C12H30O2Si3. The highest BCUT2D eigenvalue weighted by Gasteiger charge is 2.45. The zero-order valence-electron chi connectivity index (χ0n) is 12.7. The van der Waals surface area contributed by atoms with E-state index >= 15 is 0 Å². The van der Waals surface area contributed by atoms with Gasteiger partial charge in [0.25, 0.3) is 0 Å². The standard InChI is InChI=1S/C12H30O2Si3/c1-15(2,3)13-12-10-8-9-11-17(12,7)14-16(4,5)6/h12H,8-11H2,1-7H3. The van der Waals surface area contributed by atoms with Crippen LogP contribution in [0.2, 0.25) is 51.9 Å². The molecule has 0 aliphatic carbocycles. The normalized spacial score (nSPS) is 31.6. The fraction of sp³-hybridized carbons (Fsp3) is 1.00. The van der Waals surface area contributed by atoms with Gasteiger partial charge in [-0.3, -0.25) is 0 Å². The van der Waals surface area contributed by atoms with Crippen molar-refractivity contribution in [1.29, 1.82) is 0 Å². The van der Waals surface area contributed by atoms with Crippen LogP contribution < -0.4 is 0 Å². The molecule has 1 rings (SSSR count). The predicted octanol–water partition coefficient (Wildman–Crippen LogP) is 4.36. The van der Waals surface area contributed by atoms with Gasteiger partial charge in [0.15, 0.2) is 16.6 Å². The van der Waals surface area contributed by atoms with Crippen molar-refractivity contribution in [2.24, 2.45) is 0 Å². The van der Waals surface area contributed by atoms with E-state index in [4.69, 9.17) is 8.54 Å². The molecule has 2 nitrogen and oxygen atoms in total. The van der Waals surface area contributed by atoms with Crippen LogP contribution in [0.5, 0.6) is 0 Å². The molecule has 0 aromatic carbocycles. The van der Waals surface area contributed by atoms with Gasteiger partial charge in [-0.05, 0) is 58.3 Å². The van der Waals surface area contributed by atoms with Gasteiger partial charge in [-0.15, -0.1) is 0 Å². The molecule has 1 aliphatic heterocycles. The first kappa shape index (κ1) is 15.6. The molecule has 0 aromatic heterocycles. The monoisotopic (exact) mass is 290 g/mol. The third-order valence-electron chi connectivity index (χ3n) is 3.11. The topological polar surface area (TPSA) is 18.5 Å². The molecule has 5 heteroatoms. The Morgan fingerprint density at radius 2 is 1.53 bits per heavy atom. The minimum Gasteiger partial charge on any atom is -0.454 e. The molecule has 1 saturated heterocycles. The van der Waals surface area contributed by atoms with Crippen LogP contribution in [0.4, 0.5) is 0 Å². The summed E-state index contributed by atoms with van der Waals surface area (Å²) >= 11 is 0.